The molecule has 3 aromatic rings. The van der Waals surface area contributed by atoms with Crippen molar-refractivity contribution in [3.63, 3.8) is 0 Å². The van der Waals surface area contributed by atoms with Crippen molar-refractivity contribution in [3.8, 4) is 16.9 Å². The van der Waals surface area contributed by atoms with Crippen molar-refractivity contribution in [1.82, 2.24) is 9.55 Å². The van der Waals surface area contributed by atoms with Crippen LogP contribution in [0.5, 0.6) is 5.75 Å². The van der Waals surface area contributed by atoms with Crippen molar-refractivity contribution in [1.29, 1.82) is 0 Å². The number of hydrogen-bond donors (Lipinski definition) is 0. The molecule has 2 heterocycles. The van der Waals surface area contributed by atoms with Gasteiger partial charge in [-0.05, 0) is 31.0 Å². The molecule has 0 saturated carbocycles. The number of hydrogen-bond acceptors (Lipinski definition) is 6. The Morgan fingerprint density at radius 1 is 1.31 bits per heavy atom. The smallest absolute Gasteiger partial charge is 0.328 e. The normalized spacial score (nSPS) is 12.1. The Bertz CT molecular complexity index is 975. The first-order valence-corrected chi connectivity index (χ1v) is 9.24. The van der Waals surface area contributed by atoms with Gasteiger partial charge in [0.05, 0.1) is 25.4 Å². The number of nitrogens with zero attached hydrogens (tertiary/aromatic N) is 2. The Morgan fingerprint density at radius 2 is 2.04 bits per heavy atom. The molecule has 1 aromatic carbocycles. The van der Waals surface area contributed by atoms with Gasteiger partial charge in [0.15, 0.2) is 0 Å². The van der Waals surface area contributed by atoms with E-state index >= 15 is 0 Å². The van der Waals surface area contributed by atoms with E-state index in [-0.39, 0.29) is 5.56 Å². The quantitative estimate of drug-likeness (QED) is 0.618. The number of benzene rings is 1. The number of carbonyl (C=O) groups excluding carboxylic acids is 1. The highest BCUT2D eigenvalue weighted by Crippen LogP contribution is 2.31. The monoisotopic (exact) mass is 372 g/mol. The van der Waals surface area contributed by atoms with Crippen LogP contribution < -0.4 is 10.3 Å². The predicted octanol–water partition coefficient (Wildman–Crippen LogP) is 3.65. The number of esters is 1. The molecule has 0 aliphatic carbocycles. The predicted molar refractivity (Wildman–Crippen MR) is 102 cm³/mol. The van der Waals surface area contributed by atoms with Gasteiger partial charge in [-0.3, -0.25) is 9.36 Å². The average Bonchev–Trinajstić information content (AvgIpc) is 3.11. The van der Waals surface area contributed by atoms with Crippen molar-refractivity contribution in [2.45, 2.75) is 26.3 Å². The second kappa shape index (κ2) is 7.70. The zero-order chi connectivity index (χ0) is 18.7. The molecule has 3 rings (SSSR count). The van der Waals surface area contributed by atoms with Crippen LogP contribution in [0.25, 0.3) is 21.3 Å². The van der Waals surface area contributed by atoms with Gasteiger partial charge in [-0.2, -0.15) is 0 Å². The first-order chi connectivity index (χ1) is 12.6. The van der Waals surface area contributed by atoms with E-state index in [0.29, 0.717) is 16.8 Å². The van der Waals surface area contributed by atoms with E-state index in [1.54, 1.807) is 14.0 Å². The molecular formula is C19H20N2O4S. The Hall–Kier alpha value is -2.67. The summed E-state index contributed by atoms with van der Waals surface area (Å²) in [5.41, 5.74) is 1.45. The van der Waals surface area contributed by atoms with Crippen molar-refractivity contribution >= 4 is 27.5 Å². The maximum Gasteiger partial charge on any atom is 0.328 e. The van der Waals surface area contributed by atoms with Crippen LogP contribution in [0.3, 0.4) is 0 Å². The van der Waals surface area contributed by atoms with Gasteiger partial charge in [0.2, 0.25) is 0 Å². The molecule has 1 atom stereocenters. The van der Waals surface area contributed by atoms with E-state index in [1.807, 2.05) is 36.6 Å². The molecule has 7 heteroatoms. The maximum absolute atomic E-state index is 13.0. The number of carbonyl (C=O) groups is 1. The number of ether oxygens (including phenoxy) is 2. The van der Waals surface area contributed by atoms with E-state index in [4.69, 9.17) is 9.47 Å². The lowest BCUT2D eigenvalue weighted by Crippen LogP contribution is -2.29. The highest BCUT2D eigenvalue weighted by atomic mass is 32.1. The van der Waals surface area contributed by atoms with E-state index in [0.717, 1.165) is 23.3 Å². The average molecular weight is 372 g/mol. The molecule has 0 saturated heterocycles. The molecule has 26 heavy (non-hydrogen) atoms. The van der Waals surface area contributed by atoms with E-state index in [2.05, 4.69) is 4.98 Å². The van der Waals surface area contributed by atoms with Crippen molar-refractivity contribution in [2.24, 2.45) is 0 Å². The van der Waals surface area contributed by atoms with Crippen LogP contribution in [-0.4, -0.2) is 29.2 Å². The van der Waals surface area contributed by atoms with Crippen molar-refractivity contribution < 1.29 is 14.3 Å². The number of thiophene rings is 1. The van der Waals surface area contributed by atoms with Gasteiger partial charge in [-0.25, -0.2) is 9.78 Å². The topological polar surface area (TPSA) is 70.4 Å². The number of fused-ring (bicyclic) bond motifs is 1. The number of methoxy groups -OCH3 is 1. The molecule has 0 N–H and O–H groups in total. The molecule has 0 bridgehead atoms. The SMILES string of the molecule is CCCOC(=O)C(C)n1cnc2scc(-c3ccc(OC)cc3)c2c1=O. The summed E-state index contributed by atoms with van der Waals surface area (Å²) in [7, 11) is 1.61. The lowest BCUT2D eigenvalue weighted by molar-refractivity contribution is -0.147. The molecule has 0 amide bonds. The van der Waals surface area contributed by atoms with Crippen LogP contribution in [0.15, 0.2) is 40.8 Å². The summed E-state index contributed by atoms with van der Waals surface area (Å²) in [5.74, 6) is 0.312. The lowest BCUT2D eigenvalue weighted by atomic mass is 10.1. The Balaban J connectivity index is 2.05. The van der Waals surface area contributed by atoms with Crippen LogP contribution >= 0.6 is 11.3 Å². The van der Waals surface area contributed by atoms with Gasteiger partial charge in [0, 0.05) is 10.9 Å². The van der Waals surface area contributed by atoms with Gasteiger partial charge in [0.1, 0.15) is 16.6 Å². The molecule has 0 aliphatic heterocycles. The van der Waals surface area contributed by atoms with Crippen LogP contribution in [-0.2, 0) is 9.53 Å². The van der Waals surface area contributed by atoms with Crippen LogP contribution in [0.1, 0.15) is 26.3 Å². The largest absolute Gasteiger partial charge is 0.497 e. The standard InChI is InChI=1S/C19H20N2O4S/c1-4-9-25-19(23)12(2)21-11-20-17-16(18(21)22)15(10-26-17)13-5-7-14(24-3)8-6-13/h5-8,10-12H,4,9H2,1-3H3. The Labute approximate surface area is 155 Å². The fourth-order valence-electron chi connectivity index (χ4n) is 2.64. The molecule has 136 valence electrons. The molecule has 0 aliphatic rings. The second-order valence-corrected chi connectivity index (χ2v) is 6.72. The molecule has 6 nitrogen and oxygen atoms in total. The first-order valence-electron chi connectivity index (χ1n) is 8.36. The molecule has 1 unspecified atom stereocenters. The van der Waals surface area contributed by atoms with Gasteiger partial charge in [-0.15, -0.1) is 11.3 Å². The summed E-state index contributed by atoms with van der Waals surface area (Å²) < 4.78 is 11.7. The zero-order valence-corrected chi connectivity index (χ0v) is 15.7. The highest BCUT2D eigenvalue weighted by molar-refractivity contribution is 7.17. The minimum Gasteiger partial charge on any atom is -0.497 e. The van der Waals surface area contributed by atoms with Gasteiger partial charge >= 0.3 is 5.97 Å². The van der Waals surface area contributed by atoms with Crippen LogP contribution in [0.2, 0.25) is 0 Å². The Morgan fingerprint density at radius 3 is 2.69 bits per heavy atom. The van der Waals surface area contributed by atoms with Gasteiger partial charge in [-0.1, -0.05) is 19.1 Å². The van der Waals surface area contributed by atoms with Crippen LogP contribution in [0, 0.1) is 0 Å². The highest BCUT2D eigenvalue weighted by Gasteiger charge is 2.21. The maximum atomic E-state index is 13.0. The Kier molecular flexibility index (Phi) is 5.37. The van der Waals surface area contributed by atoms with E-state index < -0.39 is 12.0 Å². The summed E-state index contributed by atoms with van der Waals surface area (Å²) >= 11 is 1.40. The van der Waals surface area contributed by atoms with Crippen molar-refractivity contribution in [2.75, 3.05) is 13.7 Å². The third kappa shape index (κ3) is 3.35. The third-order valence-corrected chi connectivity index (χ3v) is 5.01. The molecule has 0 radical (unpaired) electrons. The fourth-order valence-corrected chi connectivity index (χ4v) is 3.55. The molecule has 0 fully saturated rings. The van der Waals surface area contributed by atoms with E-state index in [1.165, 1.54) is 22.2 Å². The number of rotatable bonds is 6. The summed E-state index contributed by atoms with van der Waals surface area (Å²) in [5, 5.41) is 2.42. The summed E-state index contributed by atoms with van der Waals surface area (Å²) in [6.07, 6.45) is 2.15. The lowest BCUT2D eigenvalue weighted by Gasteiger charge is -2.14. The first kappa shape index (κ1) is 18.1. The van der Waals surface area contributed by atoms with Gasteiger partial charge < -0.3 is 9.47 Å². The minimum atomic E-state index is -0.727. The summed E-state index contributed by atoms with van der Waals surface area (Å²) in [6.45, 7) is 3.90. The fraction of sp³-hybridized carbons (Fsp3) is 0.316. The zero-order valence-electron chi connectivity index (χ0n) is 14.9. The second-order valence-electron chi connectivity index (χ2n) is 5.86. The van der Waals surface area contributed by atoms with Gasteiger partial charge in [0.25, 0.3) is 5.56 Å². The summed E-state index contributed by atoms with van der Waals surface area (Å²) in [4.78, 5) is 30.2. The minimum absolute atomic E-state index is 0.247. The molecule has 0 spiro atoms. The third-order valence-electron chi connectivity index (χ3n) is 4.13. The molecular weight excluding hydrogens is 352 g/mol. The summed E-state index contributed by atoms with van der Waals surface area (Å²) in [6, 6.07) is 6.76. The van der Waals surface area contributed by atoms with Crippen molar-refractivity contribution in [3.05, 3.63) is 46.3 Å². The van der Waals surface area contributed by atoms with Crippen LogP contribution in [0.4, 0.5) is 0 Å². The number of aromatic nitrogens is 2. The van der Waals surface area contributed by atoms with E-state index in [9.17, 15) is 9.59 Å². The molecule has 2 aromatic heterocycles.